The molecule has 0 amide bonds. The first-order valence-electron chi connectivity index (χ1n) is 5.11. The molecular formula is C9H12N6O2. The van der Waals surface area contributed by atoms with Crippen molar-refractivity contribution in [3.05, 3.63) is 12.4 Å². The normalized spacial score (nSPS) is 10.5. The van der Waals surface area contributed by atoms with Crippen LogP contribution in [0.1, 0.15) is 6.92 Å². The van der Waals surface area contributed by atoms with Crippen LogP contribution in [0, 0.1) is 0 Å². The summed E-state index contributed by atoms with van der Waals surface area (Å²) in [6.07, 6.45) is 3.13. The molecule has 90 valence electrons. The Balaban J connectivity index is 2.21. The molecule has 17 heavy (non-hydrogen) atoms. The van der Waals surface area contributed by atoms with E-state index in [9.17, 15) is 4.79 Å². The highest BCUT2D eigenvalue weighted by atomic mass is 16.5. The second-order valence-corrected chi connectivity index (χ2v) is 3.38. The molecule has 0 spiro atoms. The minimum Gasteiger partial charge on any atom is -0.465 e. The monoisotopic (exact) mass is 236 g/mol. The number of likely N-dealkylation sites (N-methyl/N-ethyl adjacent to an activating group) is 1. The molecule has 2 aromatic heterocycles. The van der Waals surface area contributed by atoms with Gasteiger partial charge < -0.3 is 9.64 Å². The van der Waals surface area contributed by atoms with Crippen molar-refractivity contribution in [2.24, 2.45) is 0 Å². The number of aromatic nitrogens is 5. The van der Waals surface area contributed by atoms with E-state index in [2.05, 4.69) is 20.5 Å². The first-order chi connectivity index (χ1) is 8.22. The van der Waals surface area contributed by atoms with Crippen molar-refractivity contribution in [3.63, 3.8) is 0 Å². The Morgan fingerprint density at radius 1 is 1.53 bits per heavy atom. The lowest BCUT2D eigenvalue weighted by atomic mass is 10.5. The van der Waals surface area contributed by atoms with Crippen molar-refractivity contribution < 1.29 is 9.53 Å². The second kappa shape index (κ2) is 4.73. The molecule has 0 aliphatic heterocycles. The maximum absolute atomic E-state index is 11.4. The zero-order chi connectivity index (χ0) is 12.3. The zero-order valence-corrected chi connectivity index (χ0v) is 9.57. The van der Waals surface area contributed by atoms with Crippen molar-refractivity contribution in [1.82, 2.24) is 25.0 Å². The van der Waals surface area contributed by atoms with Crippen LogP contribution in [0.2, 0.25) is 0 Å². The van der Waals surface area contributed by atoms with Gasteiger partial charge in [0.2, 0.25) is 0 Å². The molecule has 2 aromatic rings. The van der Waals surface area contributed by atoms with Gasteiger partial charge in [-0.1, -0.05) is 0 Å². The number of ether oxygens (including phenoxy) is 1. The summed E-state index contributed by atoms with van der Waals surface area (Å²) >= 11 is 0. The average molecular weight is 236 g/mol. The lowest BCUT2D eigenvalue weighted by Crippen LogP contribution is -2.28. The fourth-order valence-electron chi connectivity index (χ4n) is 1.40. The van der Waals surface area contributed by atoms with Gasteiger partial charge in [-0.25, -0.2) is 0 Å². The van der Waals surface area contributed by atoms with E-state index >= 15 is 0 Å². The van der Waals surface area contributed by atoms with Crippen LogP contribution in [-0.2, 0) is 9.53 Å². The Bertz CT molecular complexity index is 525. The summed E-state index contributed by atoms with van der Waals surface area (Å²) in [5.41, 5.74) is 0.526. The van der Waals surface area contributed by atoms with E-state index in [0.29, 0.717) is 18.1 Å². The van der Waals surface area contributed by atoms with Crippen molar-refractivity contribution in [1.29, 1.82) is 0 Å². The van der Waals surface area contributed by atoms with Crippen molar-refractivity contribution in [3.8, 4) is 0 Å². The summed E-state index contributed by atoms with van der Waals surface area (Å²) in [5.74, 6) is 0.320. The van der Waals surface area contributed by atoms with Gasteiger partial charge in [0.25, 0.3) is 0 Å². The number of fused-ring (bicyclic) bond motifs is 1. The van der Waals surface area contributed by atoms with Crippen LogP contribution < -0.4 is 4.90 Å². The molecule has 0 N–H and O–H groups in total. The van der Waals surface area contributed by atoms with E-state index in [4.69, 9.17) is 4.74 Å². The number of tetrazole rings is 1. The predicted octanol–water partition coefficient (Wildman–Crippen LogP) is -0.481. The zero-order valence-electron chi connectivity index (χ0n) is 9.57. The number of carbonyl (C=O) groups is 1. The number of carbonyl (C=O) groups excluding carboxylic acids is 1. The average Bonchev–Trinajstić information content (AvgIpc) is 2.76. The van der Waals surface area contributed by atoms with Crippen LogP contribution in [0.3, 0.4) is 0 Å². The maximum atomic E-state index is 11.4. The largest absolute Gasteiger partial charge is 0.465 e. The molecule has 0 radical (unpaired) electrons. The smallest absolute Gasteiger partial charge is 0.325 e. The Kier molecular flexibility index (Phi) is 3.12. The van der Waals surface area contributed by atoms with Crippen LogP contribution in [0.25, 0.3) is 5.65 Å². The number of hydrogen-bond donors (Lipinski definition) is 0. The van der Waals surface area contributed by atoms with Crippen LogP contribution >= 0.6 is 0 Å². The number of rotatable bonds is 4. The first-order valence-corrected chi connectivity index (χ1v) is 5.11. The quantitative estimate of drug-likeness (QED) is 0.662. The molecule has 2 heterocycles. The minimum absolute atomic E-state index is 0.120. The molecule has 0 aromatic carbocycles. The summed E-state index contributed by atoms with van der Waals surface area (Å²) in [6, 6.07) is 0. The van der Waals surface area contributed by atoms with Gasteiger partial charge in [-0.05, 0) is 17.4 Å². The molecule has 0 fully saturated rings. The fraction of sp³-hybridized carbons (Fsp3) is 0.444. The molecule has 0 aliphatic rings. The lowest BCUT2D eigenvalue weighted by molar-refractivity contribution is -0.141. The van der Waals surface area contributed by atoms with Gasteiger partial charge in [0, 0.05) is 7.05 Å². The van der Waals surface area contributed by atoms with E-state index in [1.165, 1.54) is 4.52 Å². The third-order valence-electron chi connectivity index (χ3n) is 2.15. The summed E-state index contributed by atoms with van der Waals surface area (Å²) in [6.45, 7) is 2.25. The first kappa shape index (κ1) is 11.2. The van der Waals surface area contributed by atoms with Crippen LogP contribution in [0.5, 0.6) is 0 Å². The SMILES string of the molecule is CCOC(=O)CN(C)c1cncc2nnnn12. The van der Waals surface area contributed by atoms with Gasteiger partial charge in [-0.3, -0.25) is 9.78 Å². The summed E-state index contributed by atoms with van der Waals surface area (Å²) < 4.78 is 6.37. The molecule has 8 nitrogen and oxygen atoms in total. The molecule has 0 atom stereocenters. The van der Waals surface area contributed by atoms with E-state index in [1.54, 1.807) is 31.3 Å². The highest BCUT2D eigenvalue weighted by molar-refractivity contribution is 5.75. The fourth-order valence-corrected chi connectivity index (χ4v) is 1.40. The van der Waals surface area contributed by atoms with E-state index in [0.717, 1.165) is 0 Å². The molecule has 0 saturated carbocycles. The van der Waals surface area contributed by atoms with Crippen LogP contribution in [-0.4, -0.2) is 51.2 Å². The molecule has 0 saturated heterocycles. The molecular weight excluding hydrogens is 224 g/mol. The lowest BCUT2D eigenvalue weighted by Gasteiger charge is -2.17. The van der Waals surface area contributed by atoms with Crippen LogP contribution in [0.4, 0.5) is 5.82 Å². The van der Waals surface area contributed by atoms with Gasteiger partial charge in [0.05, 0.1) is 19.0 Å². The van der Waals surface area contributed by atoms with Gasteiger partial charge >= 0.3 is 5.97 Å². The Morgan fingerprint density at radius 3 is 3.12 bits per heavy atom. The molecule has 2 rings (SSSR count). The van der Waals surface area contributed by atoms with Gasteiger partial charge in [-0.15, -0.1) is 5.10 Å². The maximum Gasteiger partial charge on any atom is 0.325 e. The van der Waals surface area contributed by atoms with Crippen molar-refractivity contribution in [2.45, 2.75) is 6.92 Å². The Morgan fingerprint density at radius 2 is 2.35 bits per heavy atom. The van der Waals surface area contributed by atoms with Crippen LogP contribution in [0.15, 0.2) is 12.4 Å². The number of esters is 1. The van der Waals surface area contributed by atoms with E-state index in [-0.39, 0.29) is 12.5 Å². The molecule has 0 bridgehead atoms. The topological polar surface area (TPSA) is 85.5 Å². The molecule has 0 unspecified atom stereocenters. The highest BCUT2D eigenvalue weighted by Gasteiger charge is 2.12. The van der Waals surface area contributed by atoms with Gasteiger partial charge in [0.1, 0.15) is 6.54 Å². The van der Waals surface area contributed by atoms with Crippen molar-refractivity contribution in [2.75, 3.05) is 25.1 Å². The third-order valence-corrected chi connectivity index (χ3v) is 2.15. The van der Waals surface area contributed by atoms with Gasteiger partial charge in [0.15, 0.2) is 11.5 Å². The summed E-state index contributed by atoms with van der Waals surface area (Å²) in [4.78, 5) is 17.0. The van der Waals surface area contributed by atoms with Gasteiger partial charge in [-0.2, -0.15) is 4.52 Å². The molecule has 8 heteroatoms. The van der Waals surface area contributed by atoms with E-state index in [1.807, 2.05) is 0 Å². The van der Waals surface area contributed by atoms with E-state index < -0.39 is 0 Å². The highest BCUT2D eigenvalue weighted by Crippen LogP contribution is 2.10. The third kappa shape index (κ3) is 2.30. The number of nitrogens with zero attached hydrogens (tertiary/aromatic N) is 6. The Labute approximate surface area is 97.2 Å². The second-order valence-electron chi connectivity index (χ2n) is 3.38. The minimum atomic E-state index is -0.305. The molecule has 0 aliphatic carbocycles. The number of hydrogen-bond acceptors (Lipinski definition) is 7. The summed E-state index contributed by atoms with van der Waals surface area (Å²) in [7, 11) is 1.75. The number of anilines is 1. The summed E-state index contributed by atoms with van der Waals surface area (Å²) in [5, 5.41) is 11.1. The predicted molar refractivity (Wildman–Crippen MR) is 58.5 cm³/mol. The Hall–Kier alpha value is -2.25. The standard InChI is InChI=1S/C9H12N6O2/c1-3-17-9(16)6-14(2)8-5-10-4-7-11-12-13-15(7)8/h4-5H,3,6H2,1-2H3. The van der Waals surface area contributed by atoms with Crippen molar-refractivity contribution >= 4 is 17.4 Å².